The summed E-state index contributed by atoms with van der Waals surface area (Å²) >= 11 is 0. The van der Waals surface area contributed by atoms with E-state index in [2.05, 4.69) is 44.7 Å². The third-order valence-electron chi connectivity index (χ3n) is 7.87. The second-order valence-electron chi connectivity index (χ2n) is 10.0. The van der Waals surface area contributed by atoms with Gasteiger partial charge in [0.2, 0.25) is 0 Å². The van der Waals surface area contributed by atoms with Crippen molar-refractivity contribution in [1.29, 1.82) is 0 Å². The number of hydrogen-bond donors (Lipinski definition) is 2. The molecule has 1 atom stereocenters. The van der Waals surface area contributed by atoms with E-state index in [0.717, 1.165) is 41.5 Å². The maximum Gasteiger partial charge on any atom is 0.254 e. The molecule has 1 saturated carbocycles. The number of nitrogens with one attached hydrogen (secondary N) is 1. The molecule has 2 fully saturated rings. The van der Waals surface area contributed by atoms with Crippen molar-refractivity contribution in [2.45, 2.75) is 57.0 Å². The van der Waals surface area contributed by atoms with Gasteiger partial charge < -0.3 is 24.9 Å². The van der Waals surface area contributed by atoms with Gasteiger partial charge in [0.15, 0.2) is 0 Å². The summed E-state index contributed by atoms with van der Waals surface area (Å²) in [4.78, 5) is 27.1. The van der Waals surface area contributed by atoms with Crippen LogP contribution in [0.5, 0.6) is 5.75 Å². The van der Waals surface area contributed by atoms with E-state index in [1.807, 2.05) is 12.4 Å². The maximum absolute atomic E-state index is 12.4. The van der Waals surface area contributed by atoms with Gasteiger partial charge in [-0.15, -0.1) is 0 Å². The zero-order valence-electron chi connectivity index (χ0n) is 20.2. The lowest BCUT2D eigenvalue weighted by Crippen LogP contribution is -2.31. The zero-order valence-corrected chi connectivity index (χ0v) is 20.2. The summed E-state index contributed by atoms with van der Waals surface area (Å²) < 4.78 is 8.59. The molecule has 0 radical (unpaired) electrons. The highest BCUT2D eigenvalue weighted by atomic mass is 16.5. The first-order valence-corrected chi connectivity index (χ1v) is 12.7. The van der Waals surface area contributed by atoms with Gasteiger partial charge in [-0.1, -0.05) is 25.3 Å². The van der Waals surface area contributed by atoms with Gasteiger partial charge in [-0.3, -0.25) is 4.79 Å². The number of aromatic amines is 1. The van der Waals surface area contributed by atoms with E-state index in [1.54, 1.807) is 6.33 Å². The quantitative estimate of drug-likeness (QED) is 0.425. The molecule has 2 aromatic carbocycles. The van der Waals surface area contributed by atoms with Gasteiger partial charge in [-0.2, -0.15) is 0 Å². The number of carbonyl (C=O) groups is 1. The second kappa shape index (κ2) is 9.00. The Morgan fingerprint density at radius 1 is 1.14 bits per heavy atom. The minimum atomic E-state index is -0.526. The van der Waals surface area contributed by atoms with Gasteiger partial charge >= 0.3 is 0 Å². The molecular weight excluding hydrogens is 440 g/mol. The van der Waals surface area contributed by atoms with Gasteiger partial charge in [0.05, 0.1) is 34.7 Å². The molecule has 0 bridgehead atoms. The highest BCUT2D eigenvalue weighted by Gasteiger charge is 2.25. The van der Waals surface area contributed by atoms with Crippen molar-refractivity contribution in [3.63, 3.8) is 0 Å². The number of aromatic nitrogens is 4. The minimum absolute atomic E-state index is 0.330. The molecule has 8 nitrogen and oxygen atoms in total. The lowest BCUT2D eigenvalue weighted by atomic mass is 9.95. The molecule has 4 aromatic rings. The summed E-state index contributed by atoms with van der Waals surface area (Å²) in [6.07, 6.45) is 12.2. The van der Waals surface area contributed by atoms with Gasteiger partial charge in [0.25, 0.3) is 5.91 Å². The van der Waals surface area contributed by atoms with Gasteiger partial charge in [-0.25, -0.2) is 9.97 Å². The molecule has 1 saturated heterocycles. The number of benzene rings is 2. The zero-order chi connectivity index (χ0) is 23.9. The molecule has 35 heavy (non-hydrogen) atoms. The number of nitrogens with zero attached hydrogens (tertiary/aromatic N) is 4. The molecular formula is C27H32N6O2. The van der Waals surface area contributed by atoms with E-state index in [9.17, 15) is 4.79 Å². The number of likely N-dealkylation sites (tertiary alicyclic amines) is 1. The van der Waals surface area contributed by atoms with E-state index in [4.69, 9.17) is 15.5 Å². The van der Waals surface area contributed by atoms with Crippen molar-refractivity contribution in [2.75, 3.05) is 20.2 Å². The van der Waals surface area contributed by atoms with Crippen LogP contribution < -0.4 is 10.5 Å². The standard InChI is InChI=1S/C27H32N6O2/c1-32-11-5-8-19(32)14-35-23-13-20(25-26(30-15-29-25)24(23)27(28)34)17-9-10-22-21(12-17)31-16-33(22)18-6-3-2-4-7-18/h9-10,12-13,15-16,18-19H,2-8,11,14H2,1H3,(H2,28,34)(H,29,30)/t19-/m0/s1. The topological polar surface area (TPSA) is 102 Å². The number of hydrogen-bond acceptors (Lipinski definition) is 5. The Morgan fingerprint density at radius 3 is 2.77 bits per heavy atom. The van der Waals surface area contributed by atoms with Crippen molar-refractivity contribution in [1.82, 2.24) is 24.4 Å². The van der Waals surface area contributed by atoms with Crippen LogP contribution in [-0.2, 0) is 0 Å². The Bertz CT molecular complexity index is 1380. The monoisotopic (exact) mass is 472 g/mol. The molecule has 3 heterocycles. The summed E-state index contributed by atoms with van der Waals surface area (Å²) in [6.45, 7) is 1.58. The molecule has 8 heteroatoms. The Morgan fingerprint density at radius 2 is 2.00 bits per heavy atom. The number of likely N-dealkylation sites (N-methyl/N-ethyl adjacent to an activating group) is 1. The normalized spacial score (nSPS) is 19.6. The average Bonchev–Trinajstić information content (AvgIpc) is 3.61. The number of ether oxygens (including phenoxy) is 1. The number of nitrogens with two attached hydrogens (primary N) is 1. The molecule has 1 aliphatic carbocycles. The van der Waals surface area contributed by atoms with Crippen LogP contribution in [0, 0.1) is 0 Å². The summed E-state index contributed by atoms with van der Waals surface area (Å²) in [5.74, 6) is -0.0281. The molecule has 3 N–H and O–H groups in total. The van der Waals surface area contributed by atoms with Crippen LogP contribution in [0.15, 0.2) is 36.9 Å². The molecule has 6 rings (SSSR count). The molecule has 2 aliphatic rings. The van der Waals surface area contributed by atoms with Crippen molar-refractivity contribution in [3.8, 4) is 16.9 Å². The predicted octanol–water partition coefficient (Wildman–Crippen LogP) is 4.66. The lowest BCUT2D eigenvalue weighted by molar-refractivity contribution is 0.0996. The summed E-state index contributed by atoms with van der Waals surface area (Å²) in [6, 6.07) is 9.15. The molecule has 0 unspecified atom stereocenters. The van der Waals surface area contributed by atoms with Crippen molar-refractivity contribution in [2.24, 2.45) is 5.73 Å². The van der Waals surface area contributed by atoms with Gasteiger partial charge in [-0.05, 0) is 63.0 Å². The Hall–Kier alpha value is -3.39. The van der Waals surface area contributed by atoms with E-state index >= 15 is 0 Å². The third-order valence-corrected chi connectivity index (χ3v) is 7.87. The SMILES string of the molecule is CN1CCC[C@H]1COc1cc(-c2ccc3c(c2)ncn3C2CCCCC2)c2nc[nH]c2c1C(N)=O. The molecule has 0 spiro atoms. The number of H-pyrrole nitrogens is 1. The van der Waals surface area contributed by atoms with Crippen LogP contribution in [-0.4, -0.2) is 56.6 Å². The lowest BCUT2D eigenvalue weighted by Gasteiger charge is -2.23. The average molecular weight is 473 g/mol. The number of carbonyl (C=O) groups excluding carboxylic acids is 1. The van der Waals surface area contributed by atoms with Gasteiger partial charge in [0.1, 0.15) is 17.9 Å². The minimum Gasteiger partial charge on any atom is -0.491 e. The van der Waals surface area contributed by atoms with Crippen LogP contribution in [0.25, 0.3) is 33.2 Å². The van der Waals surface area contributed by atoms with Crippen LogP contribution >= 0.6 is 0 Å². The fourth-order valence-corrected chi connectivity index (χ4v) is 5.89. The first-order chi connectivity index (χ1) is 17.1. The number of rotatable bonds is 6. The van der Waals surface area contributed by atoms with Crippen LogP contribution in [0.4, 0.5) is 0 Å². The van der Waals surface area contributed by atoms with E-state index < -0.39 is 5.91 Å². The molecule has 1 aliphatic heterocycles. The second-order valence-corrected chi connectivity index (χ2v) is 10.0. The maximum atomic E-state index is 12.4. The Kier molecular flexibility index (Phi) is 5.68. The third kappa shape index (κ3) is 3.95. The van der Waals surface area contributed by atoms with Crippen molar-refractivity contribution in [3.05, 3.63) is 42.5 Å². The van der Waals surface area contributed by atoms with Crippen molar-refractivity contribution >= 4 is 28.0 Å². The van der Waals surface area contributed by atoms with Crippen molar-refractivity contribution < 1.29 is 9.53 Å². The largest absolute Gasteiger partial charge is 0.491 e. The fraction of sp³-hybridized carbons (Fsp3) is 0.444. The smallest absolute Gasteiger partial charge is 0.254 e. The van der Waals surface area contributed by atoms with E-state index in [1.165, 1.54) is 32.1 Å². The number of imidazole rings is 2. The van der Waals surface area contributed by atoms with E-state index in [-0.39, 0.29) is 0 Å². The molecule has 182 valence electrons. The highest BCUT2D eigenvalue weighted by Crippen LogP contribution is 2.37. The van der Waals surface area contributed by atoms with Gasteiger partial charge in [0, 0.05) is 17.6 Å². The first kappa shape index (κ1) is 22.1. The highest BCUT2D eigenvalue weighted by molar-refractivity contribution is 6.10. The first-order valence-electron chi connectivity index (χ1n) is 12.7. The fourth-order valence-electron chi connectivity index (χ4n) is 5.89. The Balaban J connectivity index is 1.40. The van der Waals surface area contributed by atoms with Crippen LogP contribution in [0.1, 0.15) is 61.3 Å². The number of fused-ring (bicyclic) bond motifs is 2. The summed E-state index contributed by atoms with van der Waals surface area (Å²) in [5.41, 5.74) is 11.5. The van der Waals surface area contributed by atoms with E-state index in [0.29, 0.717) is 41.0 Å². The summed E-state index contributed by atoms with van der Waals surface area (Å²) in [7, 11) is 2.11. The molecule has 2 aromatic heterocycles. The molecule has 1 amide bonds. The number of amides is 1. The summed E-state index contributed by atoms with van der Waals surface area (Å²) in [5, 5.41) is 0. The predicted molar refractivity (Wildman–Crippen MR) is 137 cm³/mol. The number of primary amides is 1. The van der Waals surface area contributed by atoms with Crippen LogP contribution in [0.3, 0.4) is 0 Å². The Labute approximate surface area is 204 Å². The van der Waals surface area contributed by atoms with Crippen LogP contribution in [0.2, 0.25) is 0 Å².